The fraction of sp³-hybridized carbons (Fsp3) is 0.476. The molecule has 1 aliphatic heterocycles. The number of rotatable bonds is 6. The molecule has 0 saturated carbocycles. The van der Waals surface area contributed by atoms with Crippen LogP contribution in [0.2, 0.25) is 0 Å². The first-order valence-electron chi connectivity index (χ1n) is 9.72. The highest BCUT2D eigenvalue weighted by atomic mass is 19.1. The highest BCUT2D eigenvalue weighted by Gasteiger charge is 2.36. The first-order valence-corrected chi connectivity index (χ1v) is 9.72. The second-order valence-corrected chi connectivity index (χ2v) is 7.73. The first kappa shape index (κ1) is 20.8. The number of amides is 2. The molecule has 1 saturated heterocycles. The maximum Gasteiger partial charge on any atom is 0.259 e. The van der Waals surface area contributed by atoms with Crippen molar-refractivity contribution in [2.45, 2.75) is 45.6 Å². The van der Waals surface area contributed by atoms with E-state index in [1.165, 1.54) is 12.1 Å². The predicted molar refractivity (Wildman–Crippen MR) is 104 cm³/mol. The molecule has 3 rings (SSSR count). The van der Waals surface area contributed by atoms with E-state index in [2.05, 4.69) is 5.16 Å². The van der Waals surface area contributed by atoms with Crippen LogP contribution in [-0.4, -0.2) is 41.1 Å². The molecule has 2 N–H and O–H groups in total. The van der Waals surface area contributed by atoms with Gasteiger partial charge in [-0.1, -0.05) is 19.0 Å². The lowest BCUT2D eigenvalue weighted by Gasteiger charge is -2.38. The molecule has 2 atom stereocenters. The van der Waals surface area contributed by atoms with Gasteiger partial charge in [-0.25, -0.2) is 4.39 Å². The van der Waals surface area contributed by atoms with Gasteiger partial charge in [-0.15, -0.1) is 0 Å². The molecule has 0 radical (unpaired) electrons. The molecule has 0 unspecified atom stereocenters. The Morgan fingerprint density at radius 1 is 1.34 bits per heavy atom. The van der Waals surface area contributed by atoms with E-state index in [0.717, 1.165) is 0 Å². The molecular weight excluding hydrogens is 377 g/mol. The van der Waals surface area contributed by atoms with Crippen LogP contribution in [0.1, 0.15) is 54.4 Å². The van der Waals surface area contributed by atoms with Gasteiger partial charge in [-0.3, -0.25) is 9.59 Å². The smallest absolute Gasteiger partial charge is 0.259 e. The van der Waals surface area contributed by atoms with Gasteiger partial charge in [0.05, 0.1) is 5.69 Å². The normalized spacial score (nSPS) is 19.4. The summed E-state index contributed by atoms with van der Waals surface area (Å²) in [5.41, 5.74) is 6.54. The number of likely N-dealkylation sites (tertiary alicyclic amines) is 1. The topological polar surface area (TPSA) is 98.7 Å². The van der Waals surface area contributed by atoms with Crippen molar-refractivity contribution in [1.29, 1.82) is 0 Å². The zero-order chi connectivity index (χ0) is 21.1. The van der Waals surface area contributed by atoms with Crippen LogP contribution in [0, 0.1) is 18.7 Å². The number of aromatic nitrogens is 1. The molecule has 1 fully saturated rings. The lowest BCUT2D eigenvalue weighted by Crippen LogP contribution is -2.49. The van der Waals surface area contributed by atoms with E-state index in [1.807, 2.05) is 13.8 Å². The second kappa shape index (κ2) is 8.63. The number of carbonyl (C=O) groups is 2. The highest BCUT2D eigenvalue weighted by molar-refractivity contribution is 5.96. The number of carbonyl (C=O) groups excluding carboxylic acids is 2. The van der Waals surface area contributed by atoms with Gasteiger partial charge in [0.15, 0.2) is 0 Å². The molecule has 0 bridgehead atoms. The maximum atomic E-state index is 13.2. The summed E-state index contributed by atoms with van der Waals surface area (Å²) in [6, 6.07) is 5.73. The predicted octanol–water partition coefficient (Wildman–Crippen LogP) is 3.03. The number of hydrogen-bond acceptors (Lipinski definition) is 5. The van der Waals surface area contributed by atoms with Crippen LogP contribution in [0.15, 0.2) is 28.8 Å². The number of aryl methyl sites for hydroxylation is 1. The number of primary amides is 1. The fourth-order valence-electron chi connectivity index (χ4n) is 3.69. The van der Waals surface area contributed by atoms with Crippen molar-refractivity contribution in [3.8, 4) is 5.75 Å². The van der Waals surface area contributed by atoms with Gasteiger partial charge in [0.1, 0.15) is 29.0 Å². The van der Waals surface area contributed by atoms with Crippen LogP contribution in [-0.2, 0) is 4.79 Å². The summed E-state index contributed by atoms with van der Waals surface area (Å²) in [5, 5.41) is 4.02. The Hall–Kier alpha value is -2.90. The van der Waals surface area contributed by atoms with Crippen LogP contribution in [0.4, 0.5) is 4.39 Å². The SMILES string of the molecule is Cc1onc(C(C)C)c1C(=O)N1CC[C@H](Oc2ccc(F)cc2)[C@@H](CC(N)=O)C1. The Morgan fingerprint density at radius 2 is 2.03 bits per heavy atom. The van der Waals surface area contributed by atoms with E-state index in [0.29, 0.717) is 42.3 Å². The molecule has 29 heavy (non-hydrogen) atoms. The van der Waals surface area contributed by atoms with Gasteiger partial charge in [-0.2, -0.15) is 0 Å². The molecule has 1 aromatic carbocycles. The highest BCUT2D eigenvalue weighted by Crippen LogP contribution is 2.29. The summed E-state index contributed by atoms with van der Waals surface area (Å²) < 4.78 is 24.4. The van der Waals surface area contributed by atoms with Crippen molar-refractivity contribution in [2.24, 2.45) is 11.7 Å². The van der Waals surface area contributed by atoms with Crippen molar-refractivity contribution in [3.05, 3.63) is 47.1 Å². The number of nitrogens with two attached hydrogens (primary N) is 1. The van der Waals surface area contributed by atoms with Gasteiger partial charge in [0.2, 0.25) is 5.91 Å². The summed E-state index contributed by atoms with van der Waals surface area (Å²) in [6.45, 7) is 6.41. The third kappa shape index (κ3) is 4.75. The van der Waals surface area contributed by atoms with Gasteiger partial charge < -0.3 is 19.9 Å². The summed E-state index contributed by atoms with van der Waals surface area (Å²) in [6.07, 6.45) is 0.322. The van der Waals surface area contributed by atoms with E-state index in [4.69, 9.17) is 15.0 Å². The Kier molecular flexibility index (Phi) is 6.20. The third-order valence-electron chi connectivity index (χ3n) is 5.17. The Labute approximate surface area is 169 Å². The monoisotopic (exact) mass is 403 g/mol. The van der Waals surface area contributed by atoms with Crippen molar-refractivity contribution in [2.75, 3.05) is 13.1 Å². The van der Waals surface area contributed by atoms with Gasteiger partial charge in [-0.05, 0) is 37.1 Å². The Balaban J connectivity index is 1.77. The molecular formula is C21H26FN3O4. The third-order valence-corrected chi connectivity index (χ3v) is 5.17. The van der Waals surface area contributed by atoms with E-state index >= 15 is 0 Å². The van der Waals surface area contributed by atoms with Crippen molar-refractivity contribution < 1.29 is 23.2 Å². The van der Waals surface area contributed by atoms with E-state index < -0.39 is 5.91 Å². The van der Waals surface area contributed by atoms with Crippen molar-refractivity contribution in [3.63, 3.8) is 0 Å². The Bertz CT molecular complexity index is 879. The summed E-state index contributed by atoms with van der Waals surface area (Å²) >= 11 is 0. The molecule has 0 aliphatic carbocycles. The zero-order valence-electron chi connectivity index (χ0n) is 16.9. The van der Waals surface area contributed by atoms with Crippen molar-refractivity contribution in [1.82, 2.24) is 10.1 Å². The zero-order valence-corrected chi connectivity index (χ0v) is 16.9. The molecule has 8 heteroatoms. The Morgan fingerprint density at radius 3 is 2.66 bits per heavy atom. The van der Waals surface area contributed by atoms with Crippen LogP contribution < -0.4 is 10.5 Å². The average molecular weight is 403 g/mol. The standard InChI is InChI=1S/C21H26FN3O4/c1-12(2)20-19(13(3)29-24-20)21(27)25-9-8-17(14(11-25)10-18(23)26)28-16-6-4-15(22)5-7-16/h4-7,12,14,17H,8-11H2,1-3H3,(H2,23,26)/t14-,17-/m0/s1. The molecule has 2 heterocycles. The molecule has 156 valence electrons. The summed E-state index contributed by atoms with van der Waals surface area (Å²) in [7, 11) is 0. The number of piperidine rings is 1. The van der Waals surface area contributed by atoms with E-state index in [1.54, 1.807) is 24.0 Å². The maximum absolute atomic E-state index is 13.2. The molecule has 1 aromatic heterocycles. The first-order chi connectivity index (χ1) is 13.8. The number of hydrogen-bond donors (Lipinski definition) is 1. The average Bonchev–Trinajstić information content (AvgIpc) is 3.05. The van der Waals surface area contributed by atoms with E-state index in [9.17, 15) is 14.0 Å². The minimum Gasteiger partial charge on any atom is -0.490 e. The summed E-state index contributed by atoms with van der Waals surface area (Å²) in [5.74, 6) is -0.192. The van der Waals surface area contributed by atoms with Crippen molar-refractivity contribution >= 4 is 11.8 Å². The molecule has 1 aliphatic rings. The molecule has 2 amide bonds. The van der Waals surface area contributed by atoms with Crippen LogP contribution >= 0.6 is 0 Å². The number of ether oxygens (including phenoxy) is 1. The van der Waals surface area contributed by atoms with E-state index in [-0.39, 0.29) is 36.1 Å². The van der Waals surface area contributed by atoms with Crippen LogP contribution in [0.25, 0.3) is 0 Å². The van der Waals surface area contributed by atoms with Gasteiger partial charge >= 0.3 is 0 Å². The fourth-order valence-corrected chi connectivity index (χ4v) is 3.69. The summed E-state index contributed by atoms with van der Waals surface area (Å²) in [4.78, 5) is 26.5. The molecule has 7 nitrogen and oxygen atoms in total. The molecule has 0 spiro atoms. The van der Waals surface area contributed by atoms with Gasteiger partial charge in [0, 0.05) is 31.8 Å². The largest absolute Gasteiger partial charge is 0.490 e. The van der Waals surface area contributed by atoms with Crippen LogP contribution in [0.5, 0.6) is 5.75 Å². The quantitative estimate of drug-likeness (QED) is 0.799. The van der Waals surface area contributed by atoms with Gasteiger partial charge in [0.25, 0.3) is 5.91 Å². The number of halogens is 1. The lowest BCUT2D eigenvalue weighted by atomic mass is 9.90. The lowest BCUT2D eigenvalue weighted by molar-refractivity contribution is -0.120. The van der Waals surface area contributed by atoms with Crippen LogP contribution in [0.3, 0.4) is 0 Å². The second-order valence-electron chi connectivity index (χ2n) is 7.73. The number of benzene rings is 1. The molecule has 2 aromatic rings. The minimum absolute atomic E-state index is 0.0483. The number of nitrogens with zero attached hydrogens (tertiary/aromatic N) is 2. The minimum atomic E-state index is -0.457.